The van der Waals surface area contributed by atoms with Gasteiger partial charge in [-0.05, 0) is 23.8 Å². The summed E-state index contributed by atoms with van der Waals surface area (Å²) in [5, 5.41) is 0. The Morgan fingerprint density at radius 1 is 1.38 bits per heavy atom. The van der Waals surface area contributed by atoms with Crippen LogP contribution in [0.2, 0.25) is 0 Å². The fourth-order valence-corrected chi connectivity index (χ4v) is 2.55. The van der Waals surface area contributed by atoms with E-state index in [1.54, 1.807) is 30.1 Å². The standard InChI is InChI=1S/C14H14N2O5/c1-15-10-4-3-9(5-8(10)6-12(15)17)16-7-11(13(18)20-2)21-14(16)19/h3-5,11H,6-7H2,1-2H3/t11-/m1/s1. The van der Waals surface area contributed by atoms with Crippen molar-refractivity contribution in [2.45, 2.75) is 12.5 Å². The Kier molecular flexibility index (Phi) is 3.04. The molecule has 0 spiro atoms. The monoisotopic (exact) mass is 290 g/mol. The van der Waals surface area contributed by atoms with Gasteiger partial charge in [-0.1, -0.05) is 0 Å². The number of hydrogen-bond donors (Lipinski definition) is 0. The van der Waals surface area contributed by atoms with Crippen LogP contribution >= 0.6 is 0 Å². The van der Waals surface area contributed by atoms with Crippen LogP contribution in [-0.2, 0) is 25.5 Å². The molecule has 21 heavy (non-hydrogen) atoms. The largest absolute Gasteiger partial charge is 0.466 e. The third-order valence-corrected chi connectivity index (χ3v) is 3.73. The predicted octanol–water partition coefficient (Wildman–Crippen LogP) is 0.704. The van der Waals surface area contributed by atoms with Gasteiger partial charge in [-0.15, -0.1) is 0 Å². The van der Waals surface area contributed by atoms with E-state index < -0.39 is 18.2 Å². The van der Waals surface area contributed by atoms with Crippen LogP contribution in [0.15, 0.2) is 18.2 Å². The summed E-state index contributed by atoms with van der Waals surface area (Å²) in [7, 11) is 2.96. The van der Waals surface area contributed by atoms with Gasteiger partial charge in [-0.25, -0.2) is 9.59 Å². The molecule has 3 rings (SSSR count). The third kappa shape index (κ3) is 2.10. The predicted molar refractivity (Wildman–Crippen MR) is 73.2 cm³/mol. The van der Waals surface area contributed by atoms with Gasteiger partial charge in [-0.2, -0.15) is 0 Å². The van der Waals surface area contributed by atoms with E-state index in [1.165, 1.54) is 12.0 Å². The minimum absolute atomic E-state index is 0.0126. The lowest BCUT2D eigenvalue weighted by Crippen LogP contribution is -2.28. The van der Waals surface area contributed by atoms with Crippen LogP contribution in [0.5, 0.6) is 0 Å². The van der Waals surface area contributed by atoms with Gasteiger partial charge in [0.2, 0.25) is 12.0 Å². The Labute approximate surface area is 121 Å². The molecule has 0 N–H and O–H groups in total. The average Bonchev–Trinajstić information content (AvgIpc) is 2.99. The normalized spacial score (nSPS) is 20.6. The van der Waals surface area contributed by atoms with Crippen LogP contribution in [0.1, 0.15) is 5.56 Å². The SMILES string of the molecule is COC(=O)[C@H]1CN(c2ccc3c(c2)CC(=O)N3C)C(=O)O1. The Balaban J connectivity index is 1.86. The summed E-state index contributed by atoms with van der Waals surface area (Å²) in [6, 6.07) is 5.29. The lowest BCUT2D eigenvalue weighted by molar-refractivity contribution is -0.148. The number of nitrogens with zero attached hydrogens (tertiary/aromatic N) is 2. The number of ether oxygens (including phenoxy) is 2. The molecular formula is C14H14N2O5. The maximum atomic E-state index is 11.9. The second-order valence-corrected chi connectivity index (χ2v) is 4.95. The Morgan fingerprint density at radius 2 is 2.14 bits per heavy atom. The summed E-state index contributed by atoms with van der Waals surface area (Å²) >= 11 is 0. The molecule has 1 atom stereocenters. The second-order valence-electron chi connectivity index (χ2n) is 4.95. The van der Waals surface area contributed by atoms with Crippen molar-refractivity contribution in [3.8, 4) is 0 Å². The lowest BCUT2D eigenvalue weighted by atomic mass is 10.1. The summed E-state index contributed by atoms with van der Waals surface area (Å²) < 4.78 is 9.55. The Hall–Kier alpha value is -2.57. The number of fused-ring (bicyclic) bond motifs is 1. The van der Waals surface area contributed by atoms with Crippen molar-refractivity contribution in [1.29, 1.82) is 0 Å². The molecule has 7 nitrogen and oxygen atoms in total. The molecule has 110 valence electrons. The zero-order valence-corrected chi connectivity index (χ0v) is 11.7. The summed E-state index contributed by atoms with van der Waals surface area (Å²) in [5.41, 5.74) is 2.29. The highest BCUT2D eigenvalue weighted by Gasteiger charge is 2.38. The quantitative estimate of drug-likeness (QED) is 0.750. The number of esters is 1. The first kappa shape index (κ1) is 13.4. The average molecular weight is 290 g/mol. The van der Waals surface area contributed by atoms with E-state index in [0.717, 1.165) is 11.3 Å². The Bertz CT molecular complexity index is 642. The van der Waals surface area contributed by atoms with Crippen LogP contribution in [0, 0.1) is 0 Å². The van der Waals surface area contributed by atoms with E-state index in [1.807, 2.05) is 0 Å². The first-order valence-corrected chi connectivity index (χ1v) is 6.46. The van der Waals surface area contributed by atoms with Crippen molar-refractivity contribution < 1.29 is 23.9 Å². The summed E-state index contributed by atoms with van der Waals surface area (Å²) in [5.74, 6) is -0.569. The van der Waals surface area contributed by atoms with Crippen LogP contribution in [0.25, 0.3) is 0 Å². The molecule has 7 heteroatoms. The number of benzene rings is 1. The molecular weight excluding hydrogens is 276 g/mol. The lowest BCUT2D eigenvalue weighted by Gasteiger charge is -2.15. The van der Waals surface area contributed by atoms with E-state index in [9.17, 15) is 14.4 Å². The Morgan fingerprint density at radius 3 is 2.86 bits per heavy atom. The summed E-state index contributed by atoms with van der Waals surface area (Å²) in [4.78, 5) is 37.9. The van der Waals surface area contributed by atoms with E-state index in [0.29, 0.717) is 12.1 Å². The van der Waals surface area contributed by atoms with Gasteiger partial charge in [-0.3, -0.25) is 9.69 Å². The van der Waals surface area contributed by atoms with Gasteiger partial charge in [0, 0.05) is 18.4 Å². The van der Waals surface area contributed by atoms with Crippen molar-refractivity contribution >= 4 is 29.3 Å². The smallest absolute Gasteiger partial charge is 0.415 e. The molecule has 1 aromatic rings. The highest BCUT2D eigenvalue weighted by molar-refractivity contribution is 6.02. The molecule has 0 saturated carbocycles. The fourth-order valence-electron chi connectivity index (χ4n) is 2.55. The van der Waals surface area contributed by atoms with Crippen molar-refractivity contribution in [1.82, 2.24) is 0 Å². The van der Waals surface area contributed by atoms with E-state index in [-0.39, 0.29) is 12.5 Å². The number of rotatable bonds is 2. The van der Waals surface area contributed by atoms with Gasteiger partial charge in [0.15, 0.2) is 0 Å². The zero-order chi connectivity index (χ0) is 15.1. The van der Waals surface area contributed by atoms with Gasteiger partial charge in [0.25, 0.3) is 0 Å². The fraction of sp³-hybridized carbons (Fsp3) is 0.357. The van der Waals surface area contributed by atoms with Gasteiger partial charge < -0.3 is 14.4 Å². The topological polar surface area (TPSA) is 76.2 Å². The van der Waals surface area contributed by atoms with Gasteiger partial charge in [0.1, 0.15) is 0 Å². The first-order chi connectivity index (χ1) is 10.0. The number of hydrogen-bond acceptors (Lipinski definition) is 5. The molecule has 2 aliphatic rings. The summed E-state index contributed by atoms with van der Waals surface area (Å²) in [6.07, 6.45) is -1.20. The molecule has 0 bridgehead atoms. The van der Waals surface area contributed by atoms with Crippen LogP contribution in [0.3, 0.4) is 0 Å². The van der Waals surface area contributed by atoms with Gasteiger partial charge >= 0.3 is 12.1 Å². The highest BCUT2D eigenvalue weighted by Crippen LogP contribution is 2.32. The van der Waals surface area contributed by atoms with Crippen LogP contribution < -0.4 is 9.80 Å². The van der Waals surface area contributed by atoms with Crippen LogP contribution in [-0.4, -0.2) is 44.8 Å². The molecule has 0 radical (unpaired) electrons. The minimum Gasteiger partial charge on any atom is -0.466 e. The zero-order valence-electron chi connectivity index (χ0n) is 11.7. The summed E-state index contributed by atoms with van der Waals surface area (Å²) in [6.45, 7) is 0.105. The number of cyclic esters (lactones) is 1. The highest BCUT2D eigenvalue weighted by atomic mass is 16.6. The number of methoxy groups -OCH3 is 1. The van der Waals surface area contributed by atoms with Gasteiger partial charge in [0.05, 0.1) is 20.1 Å². The van der Waals surface area contributed by atoms with Crippen molar-refractivity contribution in [3.05, 3.63) is 23.8 Å². The van der Waals surface area contributed by atoms with Crippen LogP contribution in [0.4, 0.5) is 16.2 Å². The third-order valence-electron chi connectivity index (χ3n) is 3.73. The van der Waals surface area contributed by atoms with Crippen molar-refractivity contribution in [2.24, 2.45) is 0 Å². The molecule has 1 aromatic carbocycles. The molecule has 0 unspecified atom stereocenters. The molecule has 2 aliphatic heterocycles. The first-order valence-electron chi connectivity index (χ1n) is 6.46. The number of carbonyl (C=O) groups excluding carboxylic acids is 3. The number of amides is 2. The van der Waals surface area contributed by atoms with Crippen molar-refractivity contribution in [2.75, 3.05) is 30.5 Å². The number of carbonyl (C=O) groups is 3. The van der Waals surface area contributed by atoms with E-state index >= 15 is 0 Å². The molecule has 0 aliphatic carbocycles. The molecule has 2 amide bonds. The number of anilines is 2. The number of likely N-dealkylation sites (N-methyl/N-ethyl adjacent to an activating group) is 1. The molecule has 0 aromatic heterocycles. The maximum absolute atomic E-state index is 11.9. The molecule has 1 saturated heterocycles. The molecule has 2 heterocycles. The van der Waals surface area contributed by atoms with E-state index in [4.69, 9.17) is 4.74 Å². The molecule has 1 fully saturated rings. The van der Waals surface area contributed by atoms with E-state index in [2.05, 4.69) is 4.74 Å². The second kappa shape index (κ2) is 4.76. The van der Waals surface area contributed by atoms with Crippen molar-refractivity contribution in [3.63, 3.8) is 0 Å². The minimum atomic E-state index is -0.917. The maximum Gasteiger partial charge on any atom is 0.415 e.